The van der Waals surface area contributed by atoms with Gasteiger partial charge in [0.25, 0.3) is 5.89 Å². The van der Waals surface area contributed by atoms with Crippen molar-refractivity contribution in [3.8, 4) is 11.5 Å². The van der Waals surface area contributed by atoms with Gasteiger partial charge in [-0.3, -0.25) is 0 Å². The maximum absolute atomic E-state index is 12.1. The van der Waals surface area contributed by atoms with Gasteiger partial charge in [-0.15, -0.1) is 10.2 Å². The second-order valence-corrected chi connectivity index (χ2v) is 4.58. The summed E-state index contributed by atoms with van der Waals surface area (Å²) in [6.07, 6.45) is 0. The normalized spacial score (nSPS) is 10.6. The lowest BCUT2D eigenvalue weighted by atomic mass is 10.2. The van der Waals surface area contributed by atoms with Gasteiger partial charge in [-0.05, 0) is 19.1 Å². The van der Waals surface area contributed by atoms with Crippen molar-refractivity contribution in [2.24, 2.45) is 0 Å². The molecule has 0 aliphatic rings. The van der Waals surface area contributed by atoms with Gasteiger partial charge < -0.3 is 13.6 Å². The van der Waals surface area contributed by atoms with Gasteiger partial charge in [0.05, 0.1) is 0 Å². The summed E-state index contributed by atoms with van der Waals surface area (Å²) in [7, 11) is 0. The molecule has 3 aromatic rings. The van der Waals surface area contributed by atoms with Crippen LogP contribution in [-0.4, -0.2) is 21.2 Å². The van der Waals surface area contributed by atoms with Crippen molar-refractivity contribution in [2.75, 3.05) is 0 Å². The Morgan fingerprint density at radius 3 is 2.59 bits per heavy atom. The average molecular weight is 299 g/mol. The molecule has 22 heavy (non-hydrogen) atoms. The maximum atomic E-state index is 12.1. The zero-order valence-corrected chi connectivity index (χ0v) is 12.1. The molecular weight excluding hydrogens is 286 g/mol. The lowest BCUT2D eigenvalue weighted by Crippen LogP contribution is -2.07. The Labute approximate surface area is 125 Å². The minimum Gasteiger partial charge on any atom is -0.451 e. The standard InChI is InChI=1S/C15H13N3O4/c1-9-13(15(19)20-8-12-18-17-10(2)22-12)16-14(21-9)11-6-4-3-5-7-11/h3-7H,8H2,1-2H3. The summed E-state index contributed by atoms with van der Waals surface area (Å²) in [5.41, 5.74) is 0.923. The Kier molecular flexibility index (Phi) is 3.69. The molecule has 0 saturated carbocycles. The number of hydrogen-bond donors (Lipinski definition) is 0. The van der Waals surface area contributed by atoms with Crippen molar-refractivity contribution >= 4 is 5.97 Å². The third-order valence-corrected chi connectivity index (χ3v) is 2.91. The predicted octanol–water partition coefficient (Wildman–Crippen LogP) is 2.70. The lowest BCUT2D eigenvalue weighted by Gasteiger charge is -1.98. The van der Waals surface area contributed by atoms with Crippen LogP contribution in [0.15, 0.2) is 39.2 Å². The first-order valence-corrected chi connectivity index (χ1v) is 6.62. The number of ether oxygens (including phenoxy) is 1. The quantitative estimate of drug-likeness (QED) is 0.684. The number of carbonyl (C=O) groups excluding carboxylic acids is 1. The third-order valence-electron chi connectivity index (χ3n) is 2.91. The fourth-order valence-corrected chi connectivity index (χ4v) is 1.88. The van der Waals surface area contributed by atoms with E-state index < -0.39 is 5.97 Å². The summed E-state index contributed by atoms with van der Waals surface area (Å²) in [6, 6.07) is 9.32. The van der Waals surface area contributed by atoms with Crippen LogP contribution in [0.25, 0.3) is 11.5 Å². The van der Waals surface area contributed by atoms with Crippen LogP contribution in [0.2, 0.25) is 0 Å². The molecule has 112 valence electrons. The summed E-state index contributed by atoms with van der Waals surface area (Å²) in [6.45, 7) is 3.21. The average Bonchev–Trinajstić information content (AvgIpc) is 3.12. The zero-order valence-electron chi connectivity index (χ0n) is 12.1. The largest absolute Gasteiger partial charge is 0.451 e. The van der Waals surface area contributed by atoms with E-state index >= 15 is 0 Å². The molecule has 0 amide bonds. The molecule has 0 spiro atoms. The highest BCUT2D eigenvalue weighted by molar-refractivity contribution is 5.88. The minimum absolute atomic E-state index is 0.105. The van der Waals surface area contributed by atoms with Crippen molar-refractivity contribution in [2.45, 2.75) is 20.5 Å². The van der Waals surface area contributed by atoms with E-state index in [2.05, 4.69) is 15.2 Å². The van der Waals surface area contributed by atoms with Crippen molar-refractivity contribution in [1.82, 2.24) is 15.2 Å². The number of oxazole rings is 1. The van der Waals surface area contributed by atoms with Gasteiger partial charge in [0.1, 0.15) is 5.76 Å². The molecule has 0 unspecified atom stereocenters. The molecule has 3 rings (SSSR count). The number of nitrogens with zero attached hydrogens (tertiary/aromatic N) is 3. The fourth-order valence-electron chi connectivity index (χ4n) is 1.88. The summed E-state index contributed by atoms with van der Waals surface area (Å²) >= 11 is 0. The number of rotatable bonds is 4. The van der Waals surface area contributed by atoms with E-state index in [1.54, 1.807) is 13.8 Å². The van der Waals surface area contributed by atoms with E-state index in [1.807, 2.05) is 30.3 Å². The Morgan fingerprint density at radius 2 is 1.91 bits per heavy atom. The monoisotopic (exact) mass is 299 g/mol. The smallest absolute Gasteiger partial charge is 0.361 e. The number of hydrogen-bond acceptors (Lipinski definition) is 7. The molecule has 0 atom stereocenters. The number of carbonyl (C=O) groups is 1. The Hall–Kier alpha value is -2.96. The molecule has 1 aromatic carbocycles. The first-order chi connectivity index (χ1) is 10.6. The molecule has 0 N–H and O–H groups in total. The number of benzene rings is 1. The lowest BCUT2D eigenvalue weighted by molar-refractivity contribution is 0.0428. The molecule has 0 fully saturated rings. The molecule has 2 heterocycles. The third kappa shape index (κ3) is 2.88. The van der Waals surface area contributed by atoms with Gasteiger partial charge in [-0.25, -0.2) is 9.78 Å². The van der Waals surface area contributed by atoms with Crippen molar-refractivity contribution < 1.29 is 18.4 Å². The summed E-state index contributed by atoms with van der Waals surface area (Å²) in [5, 5.41) is 7.41. The van der Waals surface area contributed by atoms with E-state index in [-0.39, 0.29) is 18.2 Å². The fraction of sp³-hybridized carbons (Fsp3) is 0.200. The van der Waals surface area contributed by atoms with Gasteiger partial charge in [-0.2, -0.15) is 0 Å². The van der Waals surface area contributed by atoms with Crippen LogP contribution in [0.4, 0.5) is 0 Å². The molecule has 0 saturated heterocycles. The predicted molar refractivity (Wildman–Crippen MR) is 74.8 cm³/mol. The summed E-state index contributed by atoms with van der Waals surface area (Å²) in [4.78, 5) is 16.2. The molecule has 7 nitrogen and oxygen atoms in total. The van der Waals surface area contributed by atoms with Crippen LogP contribution in [0.1, 0.15) is 28.0 Å². The number of aromatic nitrogens is 3. The highest BCUT2D eigenvalue weighted by Crippen LogP contribution is 2.22. The van der Waals surface area contributed by atoms with Gasteiger partial charge in [0, 0.05) is 12.5 Å². The van der Waals surface area contributed by atoms with Crippen LogP contribution >= 0.6 is 0 Å². The van der Waals surface area contributed by atoms with Crippen LogP contribution in [0.5, 0.6) is 0 Å². The van der Waals surface area contributed by atoms with Crippen molar-refractivity contribution in [1.29, 1.82) is 0 Å². The van der Waals surface area contributed by atoms with Crippen LogP contribution in [-0.2, 0) is 11.3 Å². The van der Waals surface area contributed by atoms with Crippen molar-refractivity contribution in [3.05, 3.63) is 53.6 Å². The van der Waals surface area contributed by atoms with E-state index in [0.717, 1.165) is 5.56 Å². The van der Waals surface area contributed by atoms with Gasteiger partial charge >= 0.3 is 5.97 Å². The molecule has 2 aromatic heterocycles. The van der Waals surface area contributed by atoms with Crippen LogP contribution in [0, 0.1) is 13.8 Å². The highest BCUT2D eigenvalue weighted by atomic mass is 16.5. The van der Waals surface area contributed by atoms with Crippen molar-refractivity contribution in [3.63, 3.8) is 0 Å². The second kappa shape index (κ2) is 5.80. The van der Waals surface area contributed by atoms with E-state index in [9.17, 15) is 4.79 Å². The van der Waals surface area contributed by atoms with E-state index in [4.69, 9.17) is 13.6 Å². The first-order valence-electron chi connectivity index (χ1n) is 6.62. The number of esters is 1. The highest BCUT2D eigenvalue weighted by Gasteiger charge is 2.20. The van der Waals surface area contributed by atoms with Gasteiger partial charge in [-0.1, -0.05) is 18.2 Å². The Morgan fingerprint density at radius 1 is 1.14 bits per heavy atom. The summed E-state index contributed by atoms with van der Waals surface area (Å²) < 4.78 is 15.7. The van der Waals surface area contributed by atoms with E-state index in [0.29, 0.717) is 17.5 Å². The second-order valence-electron chi connectivity index (χ2n) is 4.58. The van der Waals surface area contributed by atoms with E-state index in [1.165, 1.54) is 0 Å². The SMILES string of the molecule is Cc1nnc(COC(=O)c2nc(-c3ccccc3)oc2C)o1. The molecular formula is C15H13N3O4. The van der Waals surface area contributed by atoms with Crippen LogP contribution in [0.3, 0.4) is 0 Å². The summed E-state index contributed by atoms with van der Waals surface area (Å²) in [5.74, 6) is 0.814. The Balaban J connectivity index is 1.74. The molecule has 0 aliphatic heterocycles. The zero-order chi connectivity index (χ0) is 15.5. The molecule has 0 aliphatic carbocycles. The molecule has 7 heteroatoms. The molecule has 0 bridgehead atoms. The number of aryl methyl sites for hydroxylation is 2. The van der Waals surface area contributed by atoms with Crippen LogP contribution < -0.4 is 0 Å². The van der Waals surface area contributed by atoms with Gasteiger partial charge in [0.15, 0.2) is 12.3 Å². The maximum Gasteiger partial charge on any atom is 0.361 e. The Bertz CT molecular complexity index is 792. The minimum atomic E-state index is -0.598. The van der Waals surface area contributed by atoms with Gasteiger partial charge in [0.2, 0.25) is 11.8 Å². The topological polar surface area (TPSA) is 91.2 Å². The molecule has 0 radical (unpaired) electrons. The first kappa shape index (κ1) is 14.0.